The minimum atomic E-state index is -0.503. The van der Waals surface area contributed by atoms with Crippen molar-refractivity contribution in [1.82, 2.24) is 5.32 Å². The predicted molar refractivity (Wildman–Crippen MR) is 67.9 cm³/mol. The zero-order valence-electron chi connectivity index (χ0n) is 9.76. The smallest absolute Gasteiger partial charge is 0.330 e. The number of thiophene rings is 1. The lowest BCUT2D eigenvalue weighted by Crippen LogP contribution is -2.21. The summed E-state index contributed by atoms with van der Waals surface area (Å²) in [7, 11) is 0. The number of hydrogen-bond acceptors (Lipinski definition) is 5. The molecule has 1 aromatic heterocycles. The molecule has 0 aliphatic rings. The minimum absolute atomic E-state index is 0.340. The highest BCUT2D eigenvalue weighted by Crippen LogP contribution is 2.14. The standard InChI is InChI=1S/C12H17NO3S/c1-2-16-12(15)4-3-6-13-8-11(14)10-5-7-17-9-10/h3-5,7,9,11,13-14H,2,6,8H2,1H3/b4-3+. The highest BCUT2D eigenvalue weighted by atomic mass is 32.1. The van der Waals surface area contributed by atoms with Gasteiger partial charge in [0.15, 0.2) is 0 Å². The number of aliphatic hydroxyl groups is 1. The van der Waals surface area contributed by atoms with Crippen LogP contribution in [0.3, 0.4) is 0 Å². The Bertz CT molecular complexity index is 349. The summed E-state index contributed by atoms with van der Waals surface area (Å²) < 4.78 is 4.73. The molecule has 0 bridgehead atoms. The number of esters is 1. The van der Waals surface area contributed by atoms with Crippen LogP contribution in [-0.4, -0.2) is 30.8 Å². The molecule has 1 aromatic rings. The number of nitrogens with one attached hydrogen (secondary N) is 1. The molecule has 0 saturated carbocycles. The third-order valence-electron chi connectivity index (χ3n) is 2.07. The lowest BCUT2D eigenvalue weighted by Gasteiger charge is -2.08. The number of hydrogen-bond donors (Lipinski definition) is 2. The maximum Gasteiger partial charge on any atom is 0.330 e. The molecule has 94 valence electrons. The maximum atomic E-state index is 10.9. The first-order valence-electron chi connectivity index (χ1n) is 5.48. The van der Waals surface area contributed by atoms with Crippen molar-refractivity contribution in [2.75, 3.05) is 19.7 Å². The van der Waals surface area contributed by atoms with Gasteiger partial charge in [-0.3, -0.25) is 0 Å². The van der Waals surface area contributed by atoms with Crippen LogP contribution in [0.4, 0.5) is 0 Å². The van der Waals surface area contributed by atoms with E-state index in [1.807, 2.05) is 16.8 Å². The van der Waals surface area contributed by atoms with Crippen LogP contribution in [0.2, 0.25) is 0 Å². The van der Waals surface area contributed by atoms with Crippen molar-refractivity contribution in [3.63, 3.8) is 0 Å². The molecule has 0 aliphatic heterocycles. The Morgan fingerprint density at radius 1 is 1.71 bits per heavy atom. The molecule has 0 spiro atoms. The summed E-state index contributed by atoms with van der Waals surface area (Å²) >= 11 is 1.56. The molecule has 0 saturated heterocycles. The van der Waals surface area contributed by atoms with Crippen molar-refractivity contribution in [3.8, 4) is 0 Å². The molecule has 17 heavy (non-hydrogen) atoms. The zero-order chi connectivity index (χ0) is 12.5. The van der Waals surface area contributed by atoms with E-state index in [0.717, 1.165) is 5.56 Å². The van der Waals surface area contributed by atoms with Gasteiger partial charge in [0.05, 0.1) is 12.7 Å². The number of aliphatic hydroxyl groups excluding tert-OH is 1. The Kier molecular flexibility index (Phi) is 6.54. The van der Waals surface area contributed by atoms with E-state index in [0.29, 0.717) is 19.7 Å². The minimum Gasteiger partial charge on any atom is -0.463 e. The van der Waals surface area contributed by atoms with E-state index in [4.69, 9.17) is 4.74 Å². The number of rotatable bonds is 7. The highest BCUT2D eigenvalue weighted by molar-refractivity contribution is 7.07. The summed E-state index contributed by atoms with van der Waals surface area (Å²) in [6, 6.07) is 1.89. The molecule has 4 nitrogen and oxygen atoms in total. The van der Waals surface area contributed by atoms with Crippen LogP contribution in [0.15, 0.2) is 29.0 Å². The molecule has 1 heterocycles. The predicted octanol–water partition coefficient (Wildman–Crippen LogP) is 1.49. The van der Waals surface area contributed by atoms with Gasteiger partial charge < -0.3 is 15.2 Å². The maximum absolute atomic E-state index is 10.9. The fourth-order valence-corrected chi connectivity index (χ4v) is 1.94. The van der Waals surface area contributed by atoms with Crippen LogP contribution < -0.4 is 5.32 Å². The van der Waals surface area contributed by atoms with Crippen LogP contribution in [0.1, 0.15) is 18.6 Å². The largest absolute Gasteiger partial charge is 0.463 e. The van der Waals surface area contributed by atoms with Gasteiger partial charge in [-0.15, -0.1) is 0 Å². The molecule has 0 amide bonds. The van der Waals surface area contributed by atoms with E-state index < -0.39 is 6.10 Å². The molecule has 5 heteroatoms. The molecule has 1 atom stereocenters. The van der Waals surface area contributed by atoms with E-state index in [1.54, 1.807) is 24.3 Å². The van der Waals surface area contributed by atoms with E-state index in [1.165, 1.54) is 6.08 Å². The van der Waals surface area contributed by atoms with Gasteiger partial charge in [-0.2, -0.15) is 11.3 Å². The van der Waals surface area contributed by atoms with E-state index >= 15 is 0 Å². The molecule has 0 radical (unpaired) electrons. The third-order valence-corrected chi connectivity index (χ3v) is 2.77. The summed E-state index contributed by atoms with van der Waals surface area (Å²) in [4.78, 5) is 10.9. The van der Waals surface area contributed by atoms with Crippen LogP contribution >= 0.6 is 11.3 Å². The molecule has 1 unspecified atom stereocenters. The van der Waals surface area contributed by atoms with Crippen molar-refractivity contribution in [1.29, 1.82) is 0 Å². The molecule has 0 aliphatic carbocycles. The van der Waals surface area contributed by atoms with Gasteiger partial charge in [-0.25, -0.2) is 4.79 Å². The van der Waals surface area contributed by atoms with Gasteiger partial charge in [0.25, 0.3) is 0 Å². The van der Waals surface area contributed by atoms with Crippen LogP contribution in [0, 0.1) is 0 Å². The first-order chi connectivity index (χ1) is 8.24. The summed E-state index contributed by atoms with van der Waals surface area (Å²) in [6.07, 6.45) is 2.56. The number of carbonyl (C=O) groups is 1. The Morgan fingerprint density at radius 3 is 3.18 bits per heavy atom. The highest BCUT2D eigenvalue weighted by Gasteiger charge is 2.05. The van der Waals surface area contributed by atoms with E-state index in [2.05, 4.69) is 5.32 Å². The van der Waals surface area contributed by atoms with Crippen molar-refractivity contribution in [2.24, 2.45) is 0 Å². The summed E-state index contributed by atoms with van der Waals surface area (Å²) in [5, 5.41) is 16.6. The summed E-state index contributed by atoms with van der Waals surface area (Å²) in [6.45, 7) is 3.14. The number of carbonyl (C=O) groups excluding carboxylic acids is 1. The van der Waals surface area contributed by atoms with Gasteiger partial charge in [0.2, 0.25) is 0 Å². The van der Waals surface area contributed by atoms with Gasteiger partial charge in [-0.05, 0) is 29.3 Å². The molecule has 0 fully saturated rings. The summed E-state index contributed by atoms with van der Waals surface area (Å²) in [5.74, 6) is -0.340. The lowest BCUT2D eigenvalue weighted by molar-refractivity contribution is -0.137. The first-order valence-corrected chi connectivity index (χ1v) is 6.42. The Balaban J connectivity index is 2.14. The van der Waals surface area contributed by atoms with E-state index in [9.17, 15) is 9.90 Å². The van der Waals surface area contributed by atoms with Crippen molar-refractivity contribution < 1.29 is 14.6 Å². The normalized spacial score (nSPS) is 12.8. The second-order valence-electron chi connectivity index (χ2n) is 3.39. The van der Waals surface area contributed by atoms with Crippen LogP contribution in [0.25, 0.3) is 0 Å². The third kappa shape index (κ3) is 5.63. The average Bonchev–Trinajstić information content (AvgIpc) is 2.82. The molecular weight excluding hydrogens is 238 g/mol. The fraction of sp³-hybridized carbons (Fsp3) is 0.417. The van der Waals surface area contributed by atoms with Gasteiger partial charge in [-0.1, -0.05) is 6.08 Å². The quantitative estimate of drug-likeness (QED) is 0.440. The SMILES string of the molecule is CCOC(=O)/C=C/CNCC(O)c1ccsc1. The fourth-order valence-electron chi connectivity index (χ4n) is 1.23. The first kappa shape index (κ1) is 13.9. The van der Waals surface area contributed by atoms with Gasteiger partial charge in [0.1, 0.15) is 0 Å². The zero-order valence-corrected chi connectivity index (χ0v) is 10.6. The van der Waals surface area contributed by atoms with Crippen LogP contribution in [-0.2, 0) is 9.53 Å². The van der Waals surface area contributed by atoms with Crippen molar-refractivity contribution >= 4 is 17.3 Å². The van der Waals surface area contributed by atoms with Gasteiger partial charge in [0, 0.05) is 19.2 Å². The molecule has 1 rings (SSSR count). The lowest BCUT2D eigenvalue weighted by atomic mass is 10.2. The van der Waals surface area contributed by atoms with Crippen molar-refractivity contribution in [2.45, 2.75) is 13.0 Å². The Hall–Kier alpha value is -1.17. The summed E-state index contributed by atoms with van der Waals surface area (Å²) in [5.41, 5.74) is 0.914. The average molecular weight is 255 g/mol. The van der Waals surface area contributed by atoms with Crippen molar-refractivity contribution in [3.05, 3.63) is 34.5 Å². The molecule has 2 N–H and O–H groups in total. The molecule has 0 aromatic carbocycles. The molecular formula is C12H17NO3S. The topological polar surface area (TPSA) is 58.6 Å². The van der Waals surface area contributed by atoms with Crippen LogP contribution in [0.5, 0.6) is 0 Å². The Morgan fingerprint density at radius 2 is 2.53 bits per heavy atom. The Labute approximate surface area is 105 Å². The second kappa shape index (κ2) is 8.00. The number of ether oxygens (including phenoxy) is 1. The second-order valence-corrected chi connectivity index (χ2v) is 4.17. The van der Waals surface area contributed by atoms with Gasteiger partial charge >= 0.3 is 5.97 Å². The van der Waals surface area contributed by atoms with E-state index in [-0.39, 0.29) is 5.97 Å². The monoisotopic (exact) mass is 255 g/mol.